The number of nitrogens with one attached hydrogen (secondary N) is 1. The predicted octanol–water partition coefficient (Wildman–Crippen LogP) is 3.46. The maximum atomic E-state index is 13.8. The number of carbonyl (C=O) groups is 3. The van der Waals surface area contributed by atoms with Crippen LogP contribution in [0.3, 0.4) is 0 Å². The number of amides is 2. The number of thioether (sulfide) groups is 1. The topological polar surface area (TPSA) is 107 Å². The molecule has 0 radical (unpaired) electrons. The number of halogens is 1. The molecule has 7 nitrogen and oxygen atoms in total. The summed E-state index contributed by atoms with van der Waals surface area (Å²) in [5.74, 6) is -3.10. The lowest BCUT2D eigenvalue weighted by atomic mass is 10.1. The minimum absolute atomic E-state index is 0.00891. The molecule has 0 aliphatic carbocycles. The molecule has 2 aromatic carbocycles. The lowest BCUT2D eigenvalue weighted by molar-refractivity contribution is -0.122. The monoisotopic (exact) mass is 446 g/mol. The van der Waals surface area contributed by atoms with Crippen molar-refractivity contribution in [3.8, 4) is 5.75 Å². The molecular formula is C20H15FN2O5S2. The van der Waals surface area contributed by atoms with Crippen LogP contribution in [0.2, 0.25) is 0 Å². The summed E-state index contributed by atoms with van der Waals surface area (Å²) in [6.45, 7) is 0.00891. The number of aromatic carboxylic acids is 1. The summed E-state index contributed by atoms with van der Waals surface area (Å²) in [5, 5.41) is 21.0. The van der Waals surface area contributed by atoms with Gasteiger partial charge in [-0.2, -0.15) is 0 Å². The Balaban J connectivity index is 1.63. The maximum Gasteiger partial charge on any atom is 0.339 e. The smallest absolute Gasteiger partial charge is 0.339 e. The summed E-state index contributed by atoms with van der Waals surface area (Å²) in [6.07, 6.45) is 1.32. The van der Waals surface area contributed by atoms with Crippen LogP contribution in [0.4, 0.5) is 10.1 Å². The van der Waals surface area contributed by atoms with Crippen LogP contribution in [0.5, 0.6) is 5.75 Å². The van der Waals surface area contributed by atoms with Gasteiger partial charge >= 0.3 is 5.97 Å². The van der Waals surface area contributed by atoms with Crippen LogP contribution < -0.4 is 5.32 Å². The molecular weight excluding hydrogens is 431 g/mol. The average Bonchev–Trinajstić information content (AvgIpc) is 2.96. The first kappa shape index (κ1) is 21.5. The van der Waals surface area contributed by atoms with E-state index in [-0.39, 0.29) is 39.0 Å². The number of anilines is 1. The number of carboxylic acids is 1. The number of hydrogen-bond acceptors (Lipinski definition) is 6. The summed E-state index contributed by atoms with van der Waals surface area (Å²) in [7, 11) is 0. The van der Waals surface area contributed by atoms with Crippen LogP contribution in [0.1, 0.15) is 22.3 Å². The second-order valence-electron chi connectivity index (χ2n) is 6.19. The second-order valence-corrected chi connectivity index (χ2v) is 7.87. The molecule has 3 rings (SSSR count). The Morgan fingerprint density at radius 3 is 2.67 bits per heavy atom. The third-order valence-electron chi connectivity index (χ3n) is 4.14. The van der Waals surface area contributed by atoms with Crippen molar-refractivity contribution in [1.29, 1.82) is 0 Å². The van der Waals surface area contributed by atoms with Crippen molar-refractivity contribution >= 4 is 57.8 Å². The number of aromatic hydroxyl groups is 1. The van der Waals surface area contributed by atoms with Gasteiger partial charge in [-0.15, -0.1) is 0 Å². The Morgan fingerprint density at radius 1 is 1.23 bits per heavy atom. The molecule has 3 N–H and O–H groups in total. The van der Waals surface area contributed by atoms with Gasteiger partial charge in [-0.3, -0.25) is 14.5 Å². The third kappa shape index (κ3) is 4.84. The molecule has 0 aromatic heterocycles. The van der Waals surface area contributed by atoms with Gasteiger partial charge in [-0.1, -0.05) is 42.2 Å². The van der Waals surface area contributed by atoms with Gasteiger partial charge < -0.3 is 15.5 Å². The molecule has 0 saturated carbocycles. The zero-order chi connectivity index (χ0) is 21.8. The molecule has 1 fully saturated rings. The third-order valence-corrected chi connectivity index (χ3v) is 5.52. The molecule has 0 atom stereocenters. The van der Waals surface area contributed by atoms with Gasteiger partial charge in [0.15, 0.2) is 0 Å². The molecule has 154 valence electrons. The van der Waals surface area contributed by atoms with Gasteiger partial charge in [-0.25, -0.2) is 9.18 Å². The Kier molecular flexibility index (Phi) is 6.48. The van der Waals surface area contributed by atoms with Crippen LogP contribution >= 0.6 is 24.0 Å². The van der Waals surface area contributed by atoms with Gasteiger partial charge in [0.1, 0.15) is 21.5 Å². The van der Waals surface area contributed by atoms with Gasteiger partial charge in [0.2, 0.25) is 5.91 Å². The molecule has 0 unspecified atom stereocenters. The number of rotatable bonds is 6. The molecule has 0 spiro atoms. The van der Waals surface area contributed by atoms with E-state index in [4.69, 9.17) is 17.3 Å². The second kappa shape index (κ2) is 9.06. The van der Waals surface area contributed by atoms with Crippen LogP contribution in [0.15, 0.2) is 47.4 Å². The molecule has 2 aromatic rings. The standard InChI is InChI=1S/C20H15FN2O5S2/c21-14-4-2-1-3-11(14)9-16-18(26)23(20(29)30-16)8-7-17(25)22-12-5-6-15(24)13(10-12)19(27)28/h1-6,9-10,24H,7-8H2,(H,22,25)(H,27,28)/b16-9+. The van der Waals surface area contributed by atoms with E-state index in [1.165, 1.54) is 23.1 Å². The van der Waals surface area contributed by atoms with Crippen LogP contribution in [-0.2, 0) is 9.59 Å². The van der Waals surface area contributed by atoms with Gasteiger partial charge in [-0.05, 0) is 30.3 Å². The summed E-state index contributed by atoms with van der Waals surface area (Å²) in [4.78, 5) is 37.3. The molecule has 1 heterocycles. The lowest BCUT2D eigenvalue weighted by Gasteiger charge is -2.14. The highest BCUT2D eigenvalue weighted by Crippen LogP contribution is 2.33. The Bertz CT molecular complexity index is 1090. The van der Waals surface area contributed by atoms with Crippen molar-refractivity contribution in [3.05, 3.63) is 64.3 Å². The van der Waals surface area contributed by atoms with Crippen molar-refractivity contribution < 1.29 is 29.0 Å². The van der Waals surface area contributed by atoms with Crippen molar-refractivity contribution in [2.24, 2.45) is 0 Å². The minimum atomic E-state index is -1.33. The van der Waals surface area contributed by atoms with E-state index < -0.39 is 29.4 Å². The van der Waals surface area contributed by atoms with Crippen LogP contribution in [0, 0.1) is 5.82 Å². The fourth-order valence-electron chi connectivity index (χ4n) is 2.65. The number of benzene rings is 2. The molecule has 30 heavy (non-hydrogen) atoms. The number of carbonyl (C=O) groups excluding carboxylic acids is 2. The Hall–Kier alpha value is -3.24. The quantitative estimate of drug-likeness (QED) is 0.354. The van der Waals surface area contributed by atoms with E-state index in [2.05, 4.69) is 5.32 Å². The van der Waals surface area contributed by atoms with Crippen molar-refractivity contribution in [3.63, 3.8) is 0 Å². The highest BCUT2D eigenvalue weighted by atomic mass is 32.2. The van der Waals surface area contributed by atoms with E-state index in [0.29, 0.717) is 0 Å². The summed E-state index contributed by atoms with van der Waals surface area (Å²) < 4.78 is 14.1. The molecule has 10 heteroatoms. The van der Waals surface area contributed by atoms with Gasteiger partial charge in [0.05, 0.1) is 4.91 Å². The van der Waals surface area contributed by atoms with E-state index in [1.807, 2.05) is 0 Å². The van der Waals surface area contributed by atoms with Gasteiger partial charge in [0.25, 0.3) is 5.91 Å². The van der Waals surface area contributed by atoms with Crippen molar-refractivity contribution in [2.45, 2.75) is 6.42 Å². The van der Waals surface area contributed by atoms with E-state index in [1.54, 1.807) is 18.2 Å². The normalized spacial score (nSPS) is 15.0. The average molecular weight is 446 g/mol. The zero-order valence-electron chi connectivity index (χ0n) is 15.3. The number of phenols is 1. The fraction of sp³-hybridized carbons (Fsp3) is 0.100. The van der Waals surface area contributed by atoms with Crippen LogP contribution in [0.25, 0.3) is 6.08 Å². The van der Waals surface area contributed by atoms with Crippen LogP contribution in [-0.4, -0.2) is 43.8 Å². The first-order chi connectivity index (χ1) is 14.3. The zero-order valence-corrected chi connectivity index (χ0v) is 16.9. The number of hydrogen-bond donors (Lipinski definition) is 3. The highest BCUT2D eigenvalue weighted by Gasteiger charge is 2.32. The Labute approximate surface area is 180 Å². The van der Waals surface area contributed by atoms with E-state index >= 15 is 0 Å². The number of thiocarbonyl (C=S) groups is 1. The lowest BCUT2D eigenvalue weighted by Crippen LogP contribution is -2.31. The number of carboxylic acid groups (broad SMARTS) is 1. The van der Waals surface area contributed by atoms with E-state index in [9.17, 15) is 23.9 Å². The highest BCUT2D eigenvalue weighted by molar-refractivity contribution is 8.26. The molecule has 0 bridgehead atoms. The predicted molar refractivity (Wildman–Crippen MR) is 115 cm³/mol. The van der Waals surface area contributed by atoms with Gasteiger partial charge in [0, 0.05) is 24.2 Å². The molecule has 2 amide bonds. The van der Waals surface area contributed by atoms with Crippen molar-refractivity contribution in [1.82, 2.24) is 4.90 Å². The number of nitrogens with zero attached hydrogens (tertiary/aromatic N) is 1. The fourth-order valence-corrected chi connectivity index (χ4v) is 3.95. The summed E-state index contributed by atoms with van der Waals surface area (Å²) in [6, 6.07) is 9.68. The first-order valence-corrected chi connectivity index (χ1v) is 9.85. The summed E-state index contributed by atoms with van der Waals surface area (Å²) >= 11 is 6.22. The SMILES string of the molecule is O=C(CCN1C(=O)/C(=C\c2ccccc2F)SC1=S)Nc1ccc(O)c(C(=O)O)c1. The maximum absolute atomic E-state index is 13.8. The molecule has 1 aliphatic rings. The first-order valence-electron chi connectivity index (χ1n) is 8.62. The summed E-state index contributed by atoms with van der Waals surface area (Å²) in [5.41, 5.74) is 0.111. The van der Waals surface area contributed by atoms with Crippen molar-refractivity contribution in [2.75, 3.05) is 11.9 Å². The largest absolute Gasteiger partial charge is 0.507 e. The minimum Gasteiger partial charge on any atom is -0.507 e. The Morgan fingerprint density at radius 2 is 1.97 bits per heavy atom. The molecule has 1 saturated heterocycles. The van der Waals surface area contributed by atoms with E-state index in [0.717, 1.165) is 23.9 Å². The molecule has 1 aliphatic heterocycles.